The number of fused-ring (bicyclic) bond motifs is 1. The van der Waals surface area contributed by atoms with E-state index < -0.39 is 5.41 Å². The van der Waals surface area contributed by atoms with Gasteiger partial charge in [0, 0.05) is 25.6 Å². The SMILES string of the molecule is C/C=C1\CN2C(=O)C3(c4ccc(O)cc4COC)CC2C2COC3CC12. The first-order valence-corrected chi connectivity index (χ1v) is 9.49. The second kappa shape index (κ2) is 5.57. The van der Waals surface area contributed by atoms with Gasteiger partial charge < -0.3 is 19.5 Å². The van der Waals surface area contributed by atoms with Gasteiger partial charge in [-0.05, 0) is 48.9 Å². The van der Waals surface area contributed by atoms with Crippen molar-refractivity contribution in [3.63, 3.8) is 0 Å². The Hall–Kier alpha value is -1.85. The van der Waals surface area contributed by atoms with Crippen LogP contribution in [0.2, 0.25) is 0 Å². The number of phenols is 1. The highest BCUT2D eigenvalue weighted by molar-refractivity contribution is 5.93. The third-order valence-corrected chi connectivity index (χ3v) is 7.16. The molecule has 5 unspecified atom stereocenters. The molecule has 0 aromatic heterocycles. The Morgan fingerprint density at radius 2 is 2.31 bits per heavy atom. The number of benzene rings is 1. The van der Waals surface area contributed by atoms with Gasteiger partial charge in [-0.25, -0.2) is 0 Å². The predicted octanol–water partition coefficient (Wildman–Crippen LogP) is 2.37. The lowest BCUT2D eigenvalue weighted by Gasteiger charge is -2.50. The molecule has 5 aliphatic rings. The van der Waals surface area contributed by atoms with Gasteiger partial charge in [0.2, 0.25) is 5.91 Å². The first-order valence-electron chi connectivity index (χ1n) is 9.49. The van der Waals surface area contributed by atoms with Crippen LogP contribution in [-0.4, -0.2) is 48.3 Å². The van der Waals surface area contributed by atoms with Gasteiger partial charge in [0.1, 0.15) is 11.2 Å². The smallest absolute Gasteiger partial charge is 0.236 e. The Morgan fingerprint density at radius 1 is 1.46 bits per heavy atom. The number of phenolic OH excluding ortho intramolecular Hbond substituents is 1. The van der Waals surface area contributed by atoms with E-state index in [1.165, 1.54) is 5.57 Å². The minimum atomic E-state index is -0.644. The van der Waals surface area contributed by atoms with Gasteiger partial charge in [-0.3, -0.25) is 4.79 Å². The summed E-state index contributed by atoms with van der Waals surface area (Å²) >= 11 is 0. The van der Waals surface area contributed by atoms with E-state index in [0.717, 1.165) is 37.1 Å². The lowest BCUT2D eigenvalue weighted by Crippen LogP contribution is -2.59. The number of piperidine rings is 1. The standard InChI is InChI=1S/C21H25NO4/c1-3-12-9-22-18-8-21(20(22)24,19-7-15(12)16(18)11-26-19)17-5-4-14(23)6-13(17)10-25-2/h3-6,15-16,18-19,23H,7-11H2,1-2H3/b12-3+. The lowest BCUT2D eigenvalue weighted by molar-refractivity contribution is -0.154. The summed E-state index contributed by atoms with van der Waals surface area (Å²) in [6.07, 6.45) is 3.82. The molecule has 5 atom stereocenters. The summed E-state index contributed by atoms with van der Waals surface area (Å²) in [6.45, 7) is 3.96. The Balaban J connectivity index is 1.70. The van der Waals surface area contributed by atoms with E-state index in [4.69, 9.17) is 9.47 Å². The molecule has 1 aliphatic carbocycles. The summed E-state index contributed by atoms with van der Waals surface area (Å²) < 4.78 is 11.7. The maximum atomic E-state index is 13.7. The topological polar surface area (TPSA) is 59.0 Å². The zero-order valence-corrected chi connectivity index (χ0v) is 15.3. The highest BCUT2D eigenvalue weighted by atomic mass is 16.5. The van der Waals surface area contributed by atoms with E-state index in [1.54, 1.807) is 19.2 Å². The quantitative estimate of drug-likeness (QED) is 0.846. The minimum Gasteiger partial charge on any atom is -0.508 e. The summed E-state index contributed by atoms with van der Waals surface area (Å²) in [5.74, 6) is 1.33. The van der Waals surface area contributed by atoms with Crippen LogP contribution in [0.1, 0.15) is 30.9 Å². The largest absolute Gasteiger partial charge is 0.508 e. The van der Waals surface area contributed by atoms with Gasteiger partial charge in [-0.15, -0.1) is 0 Å². The molecule has 5 bridgehead atoms. The van der Waals surface area contributed by atoms with Crippen LogP contribution in [0.5, 0.6) is 5.75 Å². The fourth-order valence-electron chi connectivity index (χ4n) is 6.05. The van der Waals surface area contributed by atoms with Crippen molar-refractivity contribution in [3.8, 4) is 5.75 Å². The molecule has 26 heavy (non-hydrogen) atoms. The summed E-state index contributed by atoms with van der Waals surface area (Å²) in [7, 11) is 1.64. The van der Waals surface area contributed by atoms with E-state index in [1.807, 2.05) is 6.07 Å². The number of carbonyl (C=O) groups is 1. The molecule has 4 saturated heterocycles. The number of hydrogen-bond acceptors (Lipinski definition) is 4. The number of allylic oxidation sites excluding steroid dienone is 1. The Labute approximate surface area is 153 Å². The number of aromatic hydroxyl groups is 1. The molecule has 6 rings (SSSR count). The Kier molecular flexibility index (Phi) is 3.50. The molecule has 5 fully saturated rings. The normalized spacial score (nSPS) is 39.1. The molecule has 1 aromatic carbocycles. The molecule has 5 nitrogen and oxygen atoms in total. The van der Waals surface area contributed by atoms with Crippen molar-refractivity contribution in [3.05, 3.63) is 41.0 Å². The van der Waals surface area contributed by atoms with Gasteiger partial charge in [-0.1, -0.05) is 17.7 Å². The van der Waals surface area contributed by atoms with Gasteiger partial charge >= 0.3 is 0 Å². The summed E-state index contributed by atoms with van der Waals surface area (Å²) in [5, 5.41) is 9.96. The van der Waals surface area contributed by atoms with Crippen molar-refractivity contribution >= 4 is 5.91 Å². The van der Waals surface area contributed by atoms with Crippen molar-refractivity contribution < 1.29 is 19.4 Å². The molecule has 4 aliphatic heterocycles. The molecule has 1 amide bonds. The monoisotopic (exact) mass is 355 g/mol. The van der Waals surface area contributed by atoms with Crippen molar-refractivity contribution in [2.75, 3.05) is 20.3 Å². The highest BCUT2D eigenvalue weighted by Crippen LogP contribution is 2.58. The second-order valence-electron chi connectivity index (χ2n) is 8.14. The second-order valence-corrected chi connectivity index (χ2v) is 8.14. The molecule has 1 saturated carbocycles. The molecule has 5 heteroatoms. The molecular weight excluding hydrogens is 330 g/mol. The van der Waals surface area contributed by atoms with Gasteiger partial charge in [0.15, 0.2) is 0 Å². The molecule has 138 valence electrons. The first kappa shape index (κ1) is 16.3. The third kappa shape index (κ3) is 1.90. The summed E-state index contributed by atoms with van der Waals surface area (Å²) in [5.41, 5.74) is 2.62. The maximum absolute atomic E-state index is 13.7. The van der Waals surface area contributed by atoms with Crippen LogP contribution in [0, 0.1) is 11.8 Å². The van der Waals surface area contributed by atoms with Crippen molar-refractivity contribution in [1.82, 2.24) is 4.90 Å². The van der Waals surface area contributed by atoms with Crippen LogP contribution >= 0.6 is 0 Å². The van der Waals surface area contributed by atoms with Gasteiger partial charge in [0.05, 0.1) is 19.3 Å². The average Bonchev–Trinajstić information content (AvgIpc) is 2.78. The zero-order chi connectivity index (χ0) is 18.1. The fraction of sp³-hybridized carbons (Fsp3) is 0.571. The van der Waals surface area contributed by atoms with Crippen LogP contribution in [0.4, 0.5) is 0 Å². The van der Waals surface area contributed by atoms with Gasteiger partial charge in [0.25, 0.3) is 0 Å². The van der Waals surface area contributed by atoms with E-state index >= 15 is 0 Å². The van der Waals surface area contributed by atoms with Crippen LogP contribution < -0.4 is 0 Å². The maximum Gasteiger partial charge on any atom is 0.236 e. The van der Waals surface area contributed by atoms with Gasteiger partial charge in [-0.2, -0.15) is 0 Å². The average molecular weight is 355 g/mol. The molecule has 1 N–H and O–H groups in total. The minimum absolute atomic E-state index is 0.110. The number of hydrogen-bond donors (Lipinski definition) is 1. The molecule has 4 heterocycles. The van der Waals surface area contributed by atoms with Crippen LogP contribution in [0.3, 0.4) is 0 Å². The highest BCUT2D eigenvalue weighted by Gasteiger charge is 2.67. The molecule has 0 spiro atoms. The third-order valence-electron chi connectivity index (χ3n) is 7.16. The van der Waals surface area contributed by atoms with Crippen molar-refractivity contribution in [2.24, 2.45) is 11.8 Å². The Bertz CT molecular complexity index is 803. The fourth-order valence-corrected chi connectivity index (χ4v) is 6.05. The number of nitrogens with zero attached hydrogens (tertiary/aromatic N) is 1. The van der Waals surface area contributed by atoms with E-state index in [9.17, 15) is 9.90 Å². The first-order chi connectivity index (χ1) is 12.6. The van der Waals surface area contributed by atoms with Crippen LogP contribution in [0.25, 0.3) is 0 Å². The van der Waals surface area contributed by atoms with Crippen LogP contribution in [-0.2, 0) is 26.3 Å². The summed E-state index contributed by atoms with van der Waals surface area (Å²) in [4.78, 5) is 15.8. The zero-order valence-electron chi connectivity index (χ0n) is 15.3. The van der Waals surface area contributed by atoms with E-state index in [2.05, 4.69) is 17.9 Å². The van der Waals surface area contributed by atoms with Crippen molar-refractivity contribution in [1.29, 1.82) is 0 Å². The molecule has 0 radical (unpaired) electrons. The lowest BCUT2D eigenvalue weighted by atomic mass is 9.69. The van der Waals surface area contributed by atoms with Crippen molar-refractivity contribution in [2.45, 2.75) is 43.9 Å². The number of amides is 1. The van der Waals surface area contributed by atoms with E-state index in [0.29, 0.717) is 18.4 Å². The Morgan fingerprint density at radius 3 is 3.08 bits per heavy atom. The predicted molar refractivity (Wildman–Crippen MR) is 95.7 cm³/mol. The van der Waals surface area contributed by atoms with E-state index in [-0.39, 0.29) is 23.8 Å². The van der Waals surface area contributed by atoms with Crippen LogP contribution in [0.15, 0.2) is 29.8 Å². The summed E-state index contributed by atoms with van der Waals surface area (Å²) in [6, 6.07) is 5.59. The number of carbonyl (C=O) groups excluding carboxylic acids is 1. The molecule has 1 aromatic rings. The number of methoxy groups -OCH3 is 1. The molecular formula is C21H25NO4. The number of ether oxygens (including phenoxy) is 2. The number of rotatable bonds is 3.